The van der Waals surface area contributed by atoms with Gasteiger partial charge in [-0.3, -0.25) is 14.3 Å². The molecule has 2 unspecified atom stereocenters. The van der Waals surface area contributed by atoms with E-state index in [1.807, 2.05) is 18.8 Å². The molecular formula is C13H13ClF2N2O2. The minimum atomic E-state index is -1.14. The largest absolute Gasteiger partial charge is 0.329 e. The van der Waals surface area contributed by atoms with Gasteiger partial charge in [0.1, 0.15) is 12.0 Å². The summed E-state index contributed by atoms with van der Waals surface area (Å²) >= 11 is 5.86. The Balaban J connectivity index is 0.000000704. The van der Waals surface area contributed by atoms with Gasteiger partial charge in [0.15, 0.2) is 0 Å². The molecule has 1 aliphatic rings. The fourth-order valence-corrected chi connectivity index (χ4v) is 2.34. The summed E-state index contributed by atoms with van der Waals surface area (Å²) in [5, 5.41) is -0.133. The first-order chi connectivity index (χ1) is 9.49. The zero-order valence-corrected chi connectivity index (χ0v) is 11.7. The van der Waals surface area contributed by atoms with Crippen molar-refractivity contribution < 1.29 is 8.78 Å². The van der Waals surface area contributed by atoms with Crippen molar-refractivity contribution in [2.24, 2.45) is 0 Å². The molecular weight excluding hydrogens is 290 g/mol. The summed E-state index contributed by atoms with van der Waals surface area (Å²) in [5.41, 5.74) is -1.38. The van der Waals surface area contributed by atoms with E-state index in [2.05, 4.69) is 0 Å². The maximum Gasteiger partial charge on any atom is 0.329 e. The van der Waals surface area contributed by atoms with Crippen molar-refractivity contribution >= 4 is 22.5 Å². The first-order valence-corrected chi connectivity index (χ1v) is 6.64. The smallest absolute Gasteiger partial charge is 0.286 e. The number of nitrogens with one attached hydrogen (secondary N) is 1. The molecule has 3 rings (SSSR count). The molecule has 1 aromatic carbocycles. The fraction of sp³-hybridized carbons (Fsp3) is 0.385. The number of fused-ring (bicyclic) bond motifs is 1. The number of aromatic nitrogens is 2. The highest BCUT2D eigenvalue weighted by Crippen LogP contribution is 2.40. The first kappa shape index (κ1) is 14.7. The standard InChI is InChI=1S/C11H7ClF2N2O2.C2H6/c12-6-2-4(13)1-5-9(6)16(8-3-7(8)14)11(18)15-10(5)17;1-2/h1-2,7-8H,3H2,(H,15,17,18);1-2H3. The van der Waals surface area contributed by atoms with Gasteiger partial charge in [-0.2, -0.15) is 0 Å². The van der Waals surface area contributed by atoms with E-state index in [1.54, 1.807) is 0 Å². The molecule has 1 saturated carbocycles. The predicted octanol–water partition coefficient (Wildman–Crippen LogP) is 2.79. The van der Waals surface area contributed by atoms with E-state index in [9.17, 15) is 18.4 Å². The number of halogens is 3. The van der Waals surface area contributed by atoms with Gasteiger partial charge in [0.2, 0.25) is 0 Å². The van der Waals surface area contributed by atoms with Crippen LogP contribution in [0.15, 0.2) is 21.7 Å². The molecule has 0 amide bonds. The van der Waals surface area contributed by atoms with Crippen LogP contribution in [-0.2, 0) is 0 Å². The van der Waals surface area contributed by atoms with Crippen molar-refractivity contribution in [1.29, 1.82) is 0 Å². The molecule has 20 heavy (non-hydrogen) atoms. The Morgan fingerprint density at radius 1 is 1.35 bits per heavy atom. The Hall–Kier alpha value is -1.69. The summed E-state index contributed by atoms with van der Waals surface area (Å²) in [6.07, 6.45) is -0.952. The first-order valence-electron chi connectivity index (χ1n) is 6.26. The summed E-state index contributed by atoms with van der Waals surface area (Å²) < 4.78 is 27.4. The van der Waals surface area contributed by atoms with Crippen molar-refractivity contribution in [2.75, 3.05) is 0 Å². The van der Waals surface area contributed by atoms with Crippen molar-refractivity contribution in [3.63, 3.8) is 0 Å². The van der Waals surface area contributed by atoms with Gasteiger partial charge < -0.3 is 0 Å². The van der Waals surface area contributed by atoms with Crippen LogP contribution in [0, 0.1) is 5.82 Å². The lowest BCUT2D eigenvalue weighted by atomic mass is 10.2. The normalized spacial score (nSPS) is 20.4. The summed E-state index contributed by atoms with van der Waals surface area (Å²) in [4.78, 5) is 25.3. The van der Waals surface area contributed by atoms with Gasteiger partial charge in [0.25, 0.3) is 5.56 Å². The molecule has 1 aliphatic carbocycles. The monoisotopic (exact) mass is 302 g/mol. The van der Waals surface area contributed by atoms with Gasteiger partial charge in [-0.25, -0.2) is 13.6 Å². The highest BCUT2D eigenvalue weighted by Gasteiger charge is 2.41. The Bertz CT molecular complexity index is 769. The van der Waals surface area contributed by atoms with E-state index >= 15 is 0 Å². The van der Waals surface area contributed by atoms with Crippen LogP contribution in [-0.4, -0.2) is 15.7 Å². The number of nitrogens with zero attached hydrogens (tertiary/aromatic N) is 1. The number of hydrogen-bond donors (Lipinski definition) is 1. The van der Waals surface area contributed by atoms with Gasteiger partial charge in [-0.05, 0) is 12.1 Å². The van der Waals surface area contributed by atoms with Gasteiger partial charge >= 0.3 is 5.69 Å². The molecule has 0 saturated heterocycles. The molecule has 1 N–H and O–H groups in total. The quantitative estimate of drug-likeness (QED) is 0.880. The number of rotatable bonds is 1. The molecule has 108 valence electrons. The van der Waals surface area contributed by atoms with Crippen LogP contribution in [0.3, 0.4) is 0 Å². The summed E-state index contributed by atoms with van der Waals surface area (Å²) in [5.74, 6) is -0.684. The number of hydrogen-bond acceptors (Lipinski definition) is 2. The average Bonchev–Trinajstić information content (AvgIpc) is 3.10. The number of aromatic amines is 1. The van der Waals surface area contributed by atoms with Crippen LogP contribution in [0.5, 0.6) is 0 Å². The zero-order valence-electron chi connectivity index (χ0n) is 10.9. The topological polar surface area (TPSA) is 54.9 Å². The average molecular weight is 303 g/mol. The number of alkyl halides is 1. The van der Waals surface area contributed by atoms with Crippen molar-refractivity contribution in [3.8, 4) is 0 Å². The van der Waals surface area contributed by atoms with Crippen LogP contribution in [0.4, 0.5) is 8.78 Å². The SMILES string of the molecule is CC.O=c1[nH]c(=O)n(C2CC2F)c2c(Cl)cc(F)cc12. The molecule has 4 nitrogen and oxygen atoms in total. The Labute approximate surface area is 118 Å². The van der Waals surface area contributed by atoms with Crippen LogP contribution >= 0.6 is 11.6 Å². The van der Waals surface area contributed by atoms with E-state index in [1.165, 1.54) is 0 Å². The third-order valence-electron chi connectivity index (χ3n) is 2.97. The van der Waals surface area contributed by atoms with Crippen LogP contribution in [0.25, 0.3) is 10.9 Å². The minimum Gasteiger partial charge on any atom is -0.286 e. The Morgan fingerprint density at radius 3 is 2.50 bits per heavy atom. The summed E-state index contributed by atoms with van der Waals surface area (Å²) in [6, 6.07) is 1.33. The maximum atomic E-state index is 13.2. The van der Waals surface area contributed by atoms with E-state index < -0.39 is 29.3 Å². The minimum absolute atomic E-state index is 0.0568. The second-order valence-corrected chi connectivity index (χ2v) is 4.64. The van der Waals surface area contributed by atoms with Crippen LogP contribution < -0.4 is 11.2 Å². The van der Waals surface area contributed by atoms with E-state index in [0.29, 0.717) is 0 Å². The molecule has 2 aromatic rings. The zero-order chi connectivity index (χ0) is 15.0. The molecule has 0 bridgehead atoms. The maximum absolute atomic E-state index is 13.2. The molecule has 2 atom stereocenters. The molecule has 0 spiro atoms. The highest BCUT2D eigenvalue weighted by molar-refractivity contribution is 6.35. The Morgan fingerprint density at radius 2 is 1.95 bits per heavy atom. The molecule has 1 aromatic heterocycles. The fourth-order valence-electron chi connectivity index (χ4n) is 2.05. The van der Waals surface area contributed by atoms with Crippen molar-refractivity contribution in [1.82, 2.24) is 9.55 Å². The van der Waals surface area contributed by atoms with E-state index in [4.69, 9.17) is 11.6 Å². The number of benzene rings is 1. The van der Waals surface area contributed by atoms with Crippen LogP contribution in [0.1, 0.15) is 26.3 Å². The van der Waals surface area contributed by atoms with E-state index in [0.717, 1.165) is 16.7 Å². The van der Waals surface area contributed by atoms with Gasteiger partial charge in [0, 0.05) is 6.42 Å². The second kappa shape index (κ2) is 5.36. The van der Waals surface area contributed by atoms with Gasteiger partial charge in [0.05, 0.1) is 22.0 Å². The molecule has 7 heteroatoms. The van der Waals surface area contributed by atoms with E-state index in [-0.39, 0.29) is 22.3 Å². The lowest BCUT2D eigenvalue weighted by molar-refractivity contribution is 0.440. The highest BCUT2D eigenvalue weighted by atomic mass is 35.5. The molecule has 1 fully saturated rings. The molecule has 0 aliphatic heterocycles. The third kappa shape index (κ3) is 2.35. The van der Waals surface area contributed by atoms with Crippen molar-refractivity contribution in [3.05, 3.63) is 43.8 Å². The summed E-state index contributed by atoms with van der Waals surface area (Å²) in [7, 11) is 0. The Kier molecular flexibility index (Phi) is 3.94. The lowest BCUT2D eigenvalue weighted by Gasteiger charge is -2.09. The summed E-state index contributed by atoms with van der Waals surface area (Å²) in [6.45, 7) is 4.00. The molecule has 1 heterocycles. The van der Waals surface area contributed by atoms with Gasteiger partial charge in [-0.1, -0.05) is 25.4 Å². The second-order valence-electron chi connectivity index (χ2n) is 4.23. The van der Waals surface area contributed by atoms with Crippen molar-refractivity contribution in [2.45, 2.75) is 32.5 Å². The number of H-pyrrole nitrogens is 1. The lowest BCUT2D eigenvalue weighted by Crippen LogP contribution is -2.30. The van der Waals surface area contributed by atoms with Gasteiger partial charge in [-0.15, -0.1) is 0 Å². The third-order valence-corrected chi connectivity index (χ3v) is 3.25. The molecule has 0 radical (unpaired) electrons. The predicted molar refractivity (Wildman–Crippen MR) is 73.7 cm³/mol. The van der Waals surface area contributed by atoms with Crippen LogP contribution in [0.2, 0.25) is 5.02 Å².